The molecule has 0 atom stereocenters. The summed E-state index contributed by atoms with van der Waals surface area (Å²) < 4.78 is 2.55. The molecule has 8 heteroatoms. The zero-order valence-electron chi connectivity index (χ0n) is 15.7. The number of nitrogens with one attached hydrogen (secondary N) is 1. The Morgan fingerprint density at radius 3 is 2.52 bits per heavy atom. The van der Waals surface area contributed by atoms with E-state index in [1.165, 1.54) is 15.2 Å². The van der Waals surface area contributed by atoms with Crippen molar-refractivity contribution in [1.29, 1.82) is 0 Å². The van der Waals surface area contributed by atoms with E-state index < -0.39 is 5.69 Å². The number of fused-ring (bicyclic) bond motifs is 1. The summed E-state index contributed by atoms with van der Waals surface area (Å²) in [5.74, 6) is -0.283. The van der Waals surface area contributed by atoms with E-state index in [2.05, 4.69) is 10.3 Å². The Labute approximate surface area is 169 Å². The molecule has 0 spiro atoms. The van der Waals surface area contributed by atoms with Crippen molar-refractivity contribution in [2.24, 2.45) is 0 Å². The number of thiazole rings is 1. The molecule has 1 N–H and O–H groups in total. The fourth-order valence-electron chi connectivity index (χ4n) is 3.05. The average Bonchev–Trinajstić information content (AvgIpc) is 3.21. The summed E-state index contributed by atoms with van der Waals surface area (Å²) in [5.41, 5.74) is 1.39. The number of hydrogen-bond acceptors (Lipinski definition) is 5. The zero-order chi connectivity index (χ0) is 20.4. The highest BCUT2D eigenvalue weighted by atomic mass is 32.1. The van der Waals surface area contributed by atoms with Gasteiger partial charge < -0.3 is 5.32 Å². The Morgan fingerprint density at radius 2 is 1.79 bits per heavy atom. The van der Waals surface area contributed by atoms with Crippen molar-refractivity contribution in [1.82, 2.24) is 19.3 Å². The molecule has 146 valence electrons. The number of amides is 1. The van der Waals surface area contributed by atoms with Gasteiger partial charge in [0.1, 0.15) is 9.71 Å². The van der Waals surface area contributed by atoms with Crippen LogP contribution in [-0.2, 0) is 13.1 Å². The molecular weight excluding hydrogens is 388 g/mol. The molecule has 4 rings (SSSR count). The van der Waals surface area contributed by atoms with Gasteiger partial charge in [0.05, 0.1) is 6.54 Å². The summed E-state index contributed by atoms with van der Waals surface area (Å²) >= 11 is 1.14. The van der Waals surface area contributed by atoms with Gasteiger partial charge in [-0.2, -0.15) is 0 Å². The van der Waals surface area contributed by atoms with Gasteiger partial charge in [-0.05, 0) is 30.2 Å². The van der Waals surface area contributed by atoms with E-state index in [9.17, 15) is 14.4 Å². The van der Waals surface area contributed by atoms with Crippen molar-refractivity contribution in [3.05, 3.63) is 103 Å². The fraction of sp³-hybridized carbons (Fsp3) is 0.143. The predicted octanol–water partition coefficient (Wildman–Crippen LogP) is 2.20. The van der Waals surface area contributed by atoms with Crippen LogP contribution in [0.1, 0.15) is 26.4 Å². The molecule has 0 unspecified atom stereocenters. The SMILES string of the molecule is Cc1c(=O)n(Cc2ccncc2)c(=O)n2cc(C(=O)NCc3ccccc3)sc12. The largest absolute Gasteiger partial charge is 0.347 e. The number of hydrogen-bond donors (Lipinski definition) is 1. The van der Waals surface area contributed by atoms with Crippen LogP contribution < -0.4 is 16.6 Å². The van der Waals surface area contributed by atoms with Gasteiger partial charge >= 0.3 is 5.69 Å². The monoisotopic (exact) mass is 406 g/mol. The molecule has 4 aromatic rings. The van der Waals surface area contributed by atoms with Crippen LogP contribution in [0.3, 0.4) is 0 Å². The number of benzene rings is 1. The van der Waals surface area contributed by atoms with E-state index >= 15 is 0 Å². The van der Waals surface area contributed by atoms with E-state index in [0.717, 1.165) is 22.5 Å². The Balaban J connectivity index is 1.67. The highest BCUT2D eigenvalue weighted by molar-refractivity contribution is 7.19. The molecule has 1 aromatic carbocycles. The molecule has 0 saturated heterocycles. The summed E-state index contributed by atoms with van der Waals surface area (Å²) in [6, 6.07) is 13.1. The lowest BCUT2D eigenvalue weighted by Gasteiger charge is -2.07. The first-order valence-corrected chi connectivity index (χ1v) is 9.83. The maximum atomic E-state index is 12.9. The molecule has 0 radical (unpaired) electrons. The van der Waals surface area contributed by atoms with Crippen LogP contribution in [0.4, 0.5) is 0 Å². The van der Waals surface area contributed by atoms with Crippen LogP contribution >= 0.6 is 11.3 Å². The van der Waals surface area contributed by atoms with Crippen LogP contribution in [0, 0.1) is 6.92 Å². The minimum absolute atomic E-state index is 0.148. The number of aromatic nitrogens is 3. The van der Waals surface area contributed by atoms with Gasteiger partial charge in [-0.1, -0.05) is 30.3 Å². The summed E-state index contributed by atoms with van der Waals surface area (Å²) in [6.07, 6.45) is 4.73. The third-order valence-electron chi connectivity index (χ3n) is 4.61. The van der Waals surface area contributed by atoms with Gasteiger partial charge in [0.25, 0.3) is 11.5 Å². The highest BCUT2D eigenvalue weighted by Crippen LogP contribution is 2.18. The highest BCUT2D eigenvalue weighted by Gasteiger charge is 2.17. The molecule has 0 aliphatic rings. The lowest BCUT2D eigenvalue weighted by Crippen LogP contribution is -2.38. The second kappa shape index (κ2) is 7.84. The number of nitrogens with zero attached hydrogens (tertiary/aromatic N) is 3. The smallest absolute Gasteiger partial charge is 0.336 e. The van der Waals surface area contributed by atoms with Crippen LogP contribution in [0.15, 0.2) is 70.6 Å². The first-order valence-electron chi connectivity index (χ1n) is 9.01. The van der Waals surface area contributed by atoms with Crippen LogP contribution in [0.25, 0.3) is 4.83 Å². The maximum absolute atomic E-state index is 12.9. The number of aryl methyl sites for hydroxylation is 1. The van der Waals surface area contributed by atoms with Crippen molar-refractivity contribution in [2.45, 2.75) is 20.0 Å². The van der Waals surface area contributed by atoms with E-state index in [0.29, 0.717) is 21.8 Å². The first kappa shape index (κ1) is 18.8. The van der Waals surface area contributed by atoms with Crippen molar-refractivity contribution in [3.63, 3.8) is 0 Å². The van der Waals surface area contributed by atoms with Gasteiger partial charge in [-0.3, -0.25) is 23.5 Å². The minimum Gasteiger partial charge on any atom is -0.347 e. The molecule has 29 heavy (non-hydrogen) atoms. The van der Waals surface area contributed by atoms with Crippen LogP contribution in [0.2, 0.25) is 0 Å². The van der Waals surface area contributed by atoms with Crippen LogP contribution in [-0.4, -0.2) is 19.9 Å². The predicted molar refractivity (Wildman–Crippen MR) is 111 cm³/mol. The second-order valence-corrected chi connectivity index (χ2v) is 7.62. The number of carbonyl (C=O) groups excluding carboxylic acids is 1. The van der Waals surface area contributed by atoms with Gasteiger partial charge in [0.2, 0.25) is 0 Å². The van der Waals surface area contributed by atoms with E-state index in [1.807, 2.05) is 30.3 Å². The van der Waals surface area contributed by atoms with Gasteiger partial charge in [-0.15, -0.1) is 11.3 Å². The molecule has 0 aliphatic carbocycles. The number of rotatable bonds is 5. The molecule has 0 saturated carbocycles. The summed E-state index contributed by atoms with van der Waals surface area (Å²) in [7, 11) is 0. The Kier molecular flexibility index (Phi) is 5.09. The Morgan fingerprint density at radius 1 is 1.07 bits per heavy atom. The van der Waals surface area contributed by atoms with Gasteiger partial charge in [-0.25, -0.2) is 4.79 Å². The van der Waals surface area contributed by atoms with Crippen molar-refractivity contribution >= 4 is 22.1 Å². The van der Waals surface area contributed by atoms with Crippen LogP contribution in [0.5, 0.6) is 0 Å². The third-order valence-corrected chi connectivity index (χ3v) is 5.81. The maximum Gasteiger partial charge on any atom is 0.336 e. The van der Waals surface area contributed by atoms with Gasteiger partial charge in [0.15, 0.2) is 0 Å². The third kappa shape index (κ3) is 3.74. The van der Waals surface area contributed by atoms with Gasteiger partial charge in [0, 0.05) is 30.7 Å². The van der Waals surface area contributed by atoms with E-state index in [-0.39, 0.29) is 18.0 Å². The molecule has 0 aliphatic heterocycles. The molecule has 0 bridgehead atoms. The average molecular weight is 406 g/mol. The van der Waals surface area contributed by atoms with E-state index in [4.69, 9.17) is 0 Å². The topological polar surface area (TPSA) is 85.5 Å². The number of pyridine rings is 1. The Bertz CT molecular complexity index is 1290. The molecular formula is C21H18N4O3S. The molecule has 0 fully saturated rings. The fourth-order valence-corrected chi connectivity index (χ4v) is 4.05. The Hall–Kier alpha value is -3.52. The number of carbonyl (C=O) groups is 1. The standard InChI is InChI=1S/C21H18N4O3S/c1-14-19(27)24(12-16-7-9-22-10-8-16)21(28)25-13-17(29-20(14)25)18(26)23-11-15-5-3-2-4-6-15/h2-10,13H,11-12H2,1H3,(H,23,26). The lowest BCUT2D eigenvalue weighted by molar-refractivity contribution is 0.0954. The van der Waals surface area contributed by atoms with Crippen molar-refractivity contribution < 1.29 is 4.79 Å². The molecule has 3 aromatic heterocycles. The summed E-state index contributed by atoms with van der Waals surface area (Å²) in [5, 5.41) is 2.85. The first-order chi connectivity index (χ1) is 14.0. The second-order valence-electron chi connectivity index (χ2n) is 6.59. The van der Waals surface area contributed by atoms with E-state index in [1.54, 1.807) is 31.5 Å². The summed E-state index contributed by atoms with van der Waals surface area (Å²) in [6.45, 7) is 2.20. The minimum atomic E-state index is -0.467. The normalized spacial score (nSPS) is 10.9. The van der Waals surface area contributed by atoms with Crippen molar-refractivity contribution in [3.8, 4) is 0 Å². The summed E-state index contributed by atoms with van der Waals surface area (Å²) in [4.78, 5) is 43.0. The molecule has 7 nitrogen and oxygen atoms in total. The van der Waals surface area contributed by atoms with Crippen molar-refractivity contribution in [2.75, 3.05) is 0 Å². The zero-order valence-corrected chi connectivity index (χ0v) is 16.5. The quantitative estimate of drug-likeness (QED) is 0.551. The molecule has 1 amide bonds. The lowest BCUT2D eigenvalue weighted by atomic mass is 10.2. The molecule has 3 heterocycles.